The first-order valence-electron chi connectivity index (χ1n) is 22.6. The lowest BCUT2D eigenvalue weighted by Crippen LogP contribution is -2.50. The molecule has 9 aromatic rings. The van der Waals surface area contributed by atoms with Crippen LogP contribution >= 0.6 is 0 Å². The number of fused-ring (bicyclic) bond motifs is 11. The molecule has 0 saturated heterocycles. The largest absolute Gasteiger partial charge is 0.310 e. The molecule has 5 unspecified atom stereocenters. The molecule has 5 atom stereocenters. The van der Waals surface area contributed by atoms with E-state index in [4.69, 9.17) is 0 Å². The van der Waals surface area contributed by atoms with E-state index in [0.717, 1.165) is 46.4 Å². The van der Waals surface area contributed by atoms with E-state index < -0.39 is 0 Å². The van der Waals surface area contributed by atoms with Crippen molar-refractivity contribution in [2.75, 3.05) is 4.90 Å². The van der Waals surface area contributed by atoms with Crippen molar-refractivity contribution < 1.29 is 0 Å². The zero-order valence-electron chi connectivity index (χ0n) is 34.4. The van der Waals surface area contributed by atoms with Crippen LogP contribution in [-0.2, 0) is 5.41 Å². The smallest absolute Gasteiger partial charge is 0.0561 e. The topological polar surface area (TPSA) is 8.17 Å². The van der Waals surface area contributed by atoms with Gasteiger partial charge in [0.15, 0.2) is 0 Å². The molecule has 2 nitrogen and oxygen atoms in total. The van der Waals surface area contributed by atoms with Crippen molar-refractivity contribution in [1.82, 2.24) is 4.57 Å². The maximum atomic E-state index is 2.55. The number of hydrogen-bond donors (Lipinski definition) is 0. The Morgan fingerprint density at radius 3 is 2.00 bits per heavy atom. The summed E-state index contributed by atoms with van der Waals surface area (Å²) in [5.41, 5.74) is 18.2. The fraction of sp³-hybridized carbons (Fsp3) is 0.186. The zero-order valence-corrected chi connectivity index (χ0v) is 34.4. The average molecular weight is 785 g/mol. The van der Waals surface area contributed by atoms with E-state index in [1.807, 2.05) is 0 Å². The Morgan fingerprint density at radius 1 is 0.443 bits per heavy atom. The maximum absolute atomic E-state index is 2.55. The second-order valence-electron chi connectivity index (χ2n) is 18.5. The summed E-state index contributed by atoms with van der Waals surface area (Å²) in [5, 5.41) is 2.51. The Morgan fingerprint density at radius 2 is 1.13 bits per heavy atom. The second kappa shape index (κ2) is 13.7. The van der Waals surface area contributed by atoms with Crippen LogP contribution in [0.1, 0.15) is 49.7 Å². The molecule has 0 N–H and O–H groups in total. The molecule has 1 aromatic heterocycles. The molecule has 2 heteroatoms. The number of anilines is 3. The summed E-state index contributed by atoms with van der Waals surface area (Å²) >= 11 is 0. The molecule has 0 radical (unpaired) electrons. The SMILES string of the molecule is c1ccc(-c2ccccc2N(c2ccc(-c3ccc4c(c3)-c3ccccc3C43CC4CCC5CC4CC3C5)cc2)c2ccc3c4ccccc4n(-c4ccccc4)c3c2)cc1. The first-order valence-corrected chi connectivity index (χ1v) is 22.6. The molecule has 0 amide bonds. The molecule has 13 rings (SSSR count). The number of nitrogens with zero attached hydrogens (tertiary/aromatic N) is 2. The quantitative estimate of drug-likeness (QED) is 0.163. The molecular formula is C59H48N2. The van der Waals surface area contributed by atoms with Crippen LogP contribution in [-0.4, -0.2) is 4.57 Å². The highest BCUT2D eigenvalue weighted by molar-refractivity contribution is 6.10. The van der Waals surface area contributed by atoms with Crippen LogP contribution in [0.15, 0.2) is 194 Å². The summed E-state index contributed by atoms with van der Waals surface area (Å²) in [5.74, 6) is 3.52. The first kappa shape index (κ1) is 35.1. The lowest BCUT2D eigenvalue weighted by molar-refractivity contribution is -0.0103. The van der Waals surface area contributed by atoms with Gasteiger partial charge in [0.05, 0.1) is 16.7 Å². The third kappa shape index (κ3) is 5.34. The Labute approximate surface area is 358 Å². The van der Waals surface area contributed by atoms with Crippen LogP contribution in [0.4, 0.5) is 17.1 Å². The van der Waals surface area contributed by atoms with Crippen molar-refractivity contribution in [3.63, 3.8) is 0 Å². The van der Waals surface area contributed by atoms with Gasteiger partial charge in [0.2, 0.25) is 0 Å². The Bertz CT molecular complexity index is 3120. The van der Waals surface area contributed by atoms with Crippen molar-refractivity contribution in [2.45, 2.75) is 43.9 Å². The van der Waals surface area contributed by atoms with Crippen LogP contribution in [0.5, 0.6) is 0 Å². The number of hydrogen-bond acceptors (Lipinski definition) is 1. The van der Waals surface area contributed by atoms with E-state index in [0.29, 0.717) is 0 Å². The van der Waals surface area contributed by atoms with Gasteiger partial charge in [0.25, 0.3) is 0 Å². The molecule has 1 heterocycles. The molecule has 4 aliphatic carbocycles. The van der Waals surface area contributed by atoms with Crippen molar-refractivity contribution >= 4 is 38.9 Å². The highest BCUT2D eigenvalue weighted by Crippen LogP contribution is 2.66. The molecular weight excluding hydrogens is 737 g/mol. The monoisotopic (exact) mass is 784 g/mol. The highest BCUT2D eigenvalue weighted by Gasteiger charge is 2.57. The van der Waals surface area contributed by atoms with Crippen molar-refractivity contribution in [2.24, 2.45) is 23.7 Å². The Hall–Kier alpha value is -6.64. The number of para-hydroxylation sites is 3. The minimum absolute atomic E-state index is 0.175. The van der Waals surface area contributed by atoms with E-state index in [2.05, 4.69) is 204 Å². The summed E-state index contributed by atoms with van der Waals surface area (Å²) in [7, 11) is 0. The van der Waals surface area contributed by atoms with Gasteiger partial charge in [0.1, 0.15) is 0 Å². The van der Waals surface area contributed by atoms with Crippen molar-refractivity contribution in [3.8, 4) is 39.1 Å². The summed E-state index contributed by atoms with van der Waals surface area (Å²) in [4.78, 5) is 2.45. The number of aromatic nitrogens is 1. The third-order valence-corrected chi connectivity index (χ3v) is 15.6. The number of benzene rings is 8. The lowest BCUT2D eigenvalue weighted by Gasteiger charge is -2.57. The van der Waals surface area contributed by atoms with E-state index in [9.17, 15) is 0 Å². The summed E-state index contributed by atoms with van der Waals surface area (Å²) in [6, 6.07) is 72.6. The standard InChI is InChI=1S/C59H48N2/c1-3-13-41(14-4-1)49-17-8-11-21-56(49)60(48-30-31-52-51-19-9-12-22-57(51)61(58(52)37-48)46-15-5-2-6-16-46)47-28-25-40(26-29-47)42-27-32-55-53(36-42)50-18-7-10-20-54(50)59(55)38-43-24-23-39-33-44(43)35-45(59)34-39/h1-22,25-32,36-37,39,43-45H,23-24,33-35,38H2. The van der Waals surface area contributed by atoms with Gasteiger partial charge in [-0.2, -0.15) is 0 Å². The minimum atomic E-state index is 0.175. The molecule has 3 fully saturated rings. The molecule has 3 saturated carbocycles. The summed E-state index contributed by atoms with van der Waals surface area (Å²) < 4.78 is 2.42. The first-order chi connectivity index (χ1) is 30.2. The third-order valence-electron chi connectivity index (χ3n) is 15.6. The molecule has 61 heavy (non-hydrogen) atoms. The summed E-state index contributed by atoms with van der Waals surface area (Å²) in [6.45, 7) is 0. The van der Waals surface area contributed by atoms with E-state index in [-0.39, 0.29) is 5.41 Å². The normalized spacial score (nSPS) is 22.1. The molecule has 1 spiro atoms. The maximum Gasteiger partial charge on any atom is 0.0561 e. The van der Waals surface area contributed by atoms with Crippen LogP contribution in [0.3, 0.4) is 0 Å². The highest BCUT2D eigenvalue weighted by atomic mass is 15.1. The van der Waals surface area contributed by atoms with Crippen LogP contribution in [0.2, 0.25) is 0 Å². The van der Waals surface area contributed by atoms with Gasteiger partial charge in [-0.05, 0) is 149 Å². The van der Waals surface area contributed by atoms with Crippen LogP contribution < -0.4 is 4.90 Å². The van der Waals surface area contributed by atoms with E-state index >= 15 is 0 Å². The Kier molecular flexibility index (Phi) is 7.89. The molecule has 3 bridgehead atoms. The van der Waals surface area contributed by atoms with Gasteiger partial charge in [0, 0.05) is 38.8 Å². The van der Waals surface area contributed by atoms with Gasteiger partial charge in [-0.1, -0.05) is 146 Å². The molecule has 4 aliphatic rings. The fourth-order valence-corrected chi connectivity index (χ4v) is 13.0. The Balaban J connectivity index is 0.944. The van der Waals surface area contributed by atoms with Crippen LogP contribution in [0.25, 0.3) is 60.9 Å². The van der Waals surface area contributed by atoms with Crippen LogP contribution in [0, 0.1) is 23.7 Å². The summed E-state index contributed by atoms with van der Waals surface area (Å²) in [6.07, 6.45) is 8.55. The van der Waals surface area contributed by atoms with Crippen molar-refractivity contribution in [3.05, 3.63) is 205 Å². The zero-order chi connectivity index (χ0) is 40.1. The predicted molar refractivity (Wildman–Crippen MR) is 254 cm³/mol. The van der Waals surface area contributed by atoms with E-state index in [1.54, 1.807) is 11.1 Å². The van der Waals surface area contributed by atoms with Gasteiger partial charge in [-0.25, -0.2) is 0 Å². The predicted octanol–water partition coefficient (Wildman–Crippen LogP) is 15.7. The van der Waals surface area contributed by atoms with Gasteiger partial charge >= 0.3 is 0 Å². The molecule has 294 valence electrons. The fourth-order valence-electron chi connectivity index (χ4n) is 13.0. The van der Waals surface area contributed by atoms with Gasteiger partial charge in [-0.15, -0.1) is 0 Å². The second-order valence-corrected chi connectivity index (χ2v) is 18.5. The minimum Gasteiger partial charge on any atom is -0.310 e. The molecule has 0 aliphatic heterocycles. The van der Waals surface area contributed by atoms with E-state index in [1.165, 1.54) is 93.7 Å². The van der Waals surface area contributed by atoms with Gasteiger partial charge < -0.3 is 9.47 Å². The lowest BCUT2D eigenvalue weighted by atomic mass is 9.47. The van der Waals surface area contributed by atoms with Crippen molar-refractivity contribution in [1.29, 1.82) is 0 Å². The van der Waals surface area contributed by atoms with Gasteiger partial charge in [-0.3, -0.25) is 0 Å². The average Bonchev–Trinajstić information content (AvgIpc) is 3.80. The number of rotatable bonds is 6. The molecule has 8 aromatic carbocycles.